The predicted molar refractivity (Wildman–Crippen MR) is 106 cm³/mol. The number of piperazine rings is 1. The lowest BCUT2D eigenvalue weighted by Crippen LogP contribution is -2.46. The average Bonchev–Trinajstić information content (AvgIpc) is 2.66. The first-order valence-corrected chi connectivity index (χ1v) is 9.21. The standard InChI is InChI=1S/C20H21ClN4O/c1-14-4-2-3-5-15(14)13-25-19(26)17-12-16(21)6-7-18(17)23-20(25)24-10-8-22-9-11-24/h2-7,12,22H,8-11,13H2,1H3. The number of halogens is 1. The number of aryl methyl sites for hydroxylation is 1. The SMILES string of the molecule is Cc1ccccc1Cn1c(N2CCNCC2)nc2ccc(Cl)cc2c1=O. The molecular formula is C20H21ClN4O. The highest BCUT2D eigenvalue weighted by Gasteiger charge is 2.19. The van der Waals surface area contributed by atoms with E-state index in [0.29, 0.717) is 22.5 Å². The van der Waals surface area contributed by atoms with Crippen LogP contribution in [-0.2, 0) is 6.54 Å². The van der Waals surface area contributed by atoms with Gasteiger partial charge in [0.2, 0.25) is 5.95 Å². The molecule has 0 aliphatic carbocycles. The lowest BCUT2D eigenvalue weighted by atomic mass is 10.1. The van der Waals surface area contributed by atoms with Crippen molar-refractivity contribution in [1.82, 2.24) is 14.9 Å². The first-order chi connectivity index (χ1) is 12.6. The molecule has 0 radical (unpaired) electrons. The van der Waals surface area contributed by atoms with Gasteiger partial charge in [0.1, 0.15) is 0 Å². The topological polar surface area (TPSA) is 50.2 Å². The van der Waals surface area contributed by atoms with Gasteiger partial charge in [0.05, 0.1) is 17.4 Å². The minimum atomic E-state index is -0.0470. The summed E-state index contributed by atoms with van der Waals surface area (Å²) < 4.78 is 1.78. The normalized spacial score (nSPS) is 14.8. The molecule has 3 aromatic rings. The molecular weight excluding hydrogens is 348 g/mol. The van der Waals surface area contributed by atoms with E-state index in [1.54, 1.807) is 16.7 Å². The zero-order valence-electron chi connectivity index (χ0n) is 14.7. The number of hydrogen-bond acceptors (Lipinski definition) is 4. The van der Waals surface area contributed by atoms with Crippen molar-refractivity contribution >= 4 is 28.5 Å². The Morgan fingerprint density at radius 1 is 1.15 bits per heavy atom. The molecule has 2 aromatic carbocycles. The van der Waals surface area contributed by atoms with Crippen molar-refractivity contribution in [3.8, 4) is 0 Å². The second kappa shape index (κ2) is 7.09. The van der Waals surface area contributed by atoms with Crippen LogP contribution in [0.5, 0.6) is 0 Å². The van der Waals surface area contributed by atoms with Gasteiger partial charge in [0, 0.05) is 31.2 Å². The number of fused-ring (bicyclic) bond motifs is 1. The van der Waals surface area contributed by atoms with Crippen LogP contribution in [0.25, 0.3) is 10.9 Å². The van der Waals surface area contributed by atoms with Crippen molar-refractivity contribution in [3.63, 3.8) is 0 Å². The fourth-order valence-electron chi connectivity index (χ4n) is 3.39. The summed E-state index contributed by atoms with van der Waals surface area (Å²) in [4.78, 5) is 20.3. The minimum Gasteiger partial charge on any atom is -0.340 e. The van der Waals surface area contributed by atoms with E-state index in [0.717, 1.165) is 43.3 Å². The molecule has 0 bridgehead atoms. The molecule has 6 heteroatoms. The first-order valence-electron chi connectivity index (χ1n) is 8.84. The number of nitrogens with zero attached hydrogens (tertiary/aromatic N) is 3. The molecule has 4 rings (SSSR count). The van der Waals surface area contributed by atoms with E-state index in [1.807, 2.05) is 18.2 Å². The maximum atomic E-state index is 13.3. The molecule has 0 unspecified atom stereocenters. The van der Waals surface area contributed by atoms with E-state index in [1.165, 1.54) is 0 Å². The number of rotatable bonds is 3. The monoisotopic (exact) mass is 368 g/mol. The number of aromatic nitrogens is 2. The van der Waals surface area contributed by atoms with Crippen molar-refractivity contribution in [1.29, 1.82) is 0 Å². The summed E-state index contributed by atoms with van der Waals surface area (Å²) in [5.41, 5.74) is 2.93. The second-order valence-electron chi connectivity index (χ2n) is 6.63. The van der Waals surface area contributed by atoms with Crippen molar-refractivity contribution in [2.24, 2.45) is 0 Å². The average molecular weight is 369 g/mol. The van der Waals surface area contributed by atoms with Crippen molar-refractivity contribution in [2.75, 3.05) is 31.1 Å². The van der Waals surface area contributed by atoms with Crippen LogP contribution in [0, 0.1) is 6.92 Å². The molecule has 1 aromatic heterocycles. The van der Waals surface area contributed by atoms with Crippen molar-refractivity contribution in [3.05, 3.63) is 69.0 Å². The first kappa shape index (κ1) is 17.1. The molecule has 1 saturated heterocycles. The quantitative estimate of drug-likeness (QED) is 0.772. The Bertz CT molecular complexity index is 1010. The summed E-state index contributed by atoms with van der Waals surface area (Å²) in [6, 6.07) is 13.5. The molecule has 0 saturated carbocycles. The van der Waals surface area contributed by atoms with E-state index in [9.17, 15) is 4.79 Å². The van der Waals surface area contributed by atoms with Gasteiger partial charge < -0.3 is 10.2 Å². The van der Waals surface area contributed by atoms with Crippen LogP contribution >= 0.6 is 11.6 Å². The van der Waals surface area contributed by atoms with Crippen molar-refractivity contribution in [2.45, 2.75) is 13.5 Å². The van der Waals surface area contributed by atoms with E-state index < -0.39 is 0 Å². The van der Waals surface area contributed by atoms with Crippen LogP contribution < -0.4 is 15.8 Å². The third kappa shape index (κ3) is 3.20. The Hall–Kier alpha value is -2.37. The Morgan fingerprint density at radius 3 is 2.69 bits per heavy atom. The zero-order valence-corrected chi connectivity index (χ0v) is 15.5. The van der Waals surface area contributed by atoms with Crippen molar-refractivity contribution < 1.29 is 0 Å². The number of anilines is 1. The van der Waals surface area contributed by atoms with Gasteiger partial charge in [-0.3, -0.25) is 9.36 Å². The highest BCUT2D eigenvalue weighted by atomic mass is 35.5. The van der Waals surface area contributed by atoms with E-state index in [2.05, 4.69) is 29.3 Å². The molecule has 5 nitrogen and oxygen atoms in total. The molecule has 0 spiro atoms. The van der Waals surface area contributed by atoms with Gasteiger partial charge in [0.15, 0.2) is 0 Å². The van der Waals surface area contributed by atoms with Crippen LogP contribution in [0.2, 0.25) is 5.02 Å². The molecule has 134 valence electrons. The summed E-state index contributed by atoms with van der Waals surface area (Å²) in [6.45, 7) is 6.01. The second-order valence-corrected chi connectivity index (χ2v) is 7.06. The zero-order chi connectivity index (χ0) is 18.1. The van der Waals surface area contributed by atoms with Crippen LogP contribution in [0.15, 0.2) is 47.3 Å². The molecule has 1 aliphatic heterocycles. The Morgan fingerprint density at radius 2 is 1.92 bits per heavy atom. The van der Waals surface area contributed by atoms with E-state index in [-0.39, 0.29) is 5.56 Å². The fourth-order valence-corrected chi connectivity index (χ4v) is 3.56. The van der Waals surface area contributed by atoms with Gasteiger partial charge in [-0.1, -0.05) is 35.9 Å². The molecule has 0 atom stereocenters. The van der Waals surface area contributed by atoms with E-state index >= 15 is 0 Å². The summed E-state index contributed by atoms with van der Waals surface area (Å²) in [5.74, 6) is 0.731. The van der Waals surface area contributed by atoms with Gasteiger partial charge in [0.25, 0.3) is 5.56 Å². The van der Waals surface area contributed by atoms with Crippen LogP contribution in [0.4, 0.5) is 5.95 Å². The fraction of sp³-hybridized carbons (Fsp3) is 0.300. The molecule has 1 aliphatic rings. The predicted octanol–water partition coefficient (Wildman–Crippen LogP) is 2.82. The Kier molecular flexibility index (Phi) is 4.66. The summed E-state index contributed by atoms with van der Waals surface area (Å²) in [6.07, 6.45) is 0. The lowest BCUT2D eigenvalue weighted by Gasteiger charge is -2.30. The van der Waals surface area contributed by atoms with Crippen LogP contribution in [-0.4, -0.2) is 35.7 Å². The van der Waals surface area contributed by atoms with E-state index in [4.69, 9.17) is 16.6 Å². The molecule has 1 N–H and O–H groups in total. The van der Waals surface area contributed by atoms with Gasteiger partial charge >= 0.3 is 0 Å². The summed E-state index contributed by atoms with van der Waals surface area (Å²) >= 11 is 6.12. The number of nitrogens with one attached hydrogen (secondary N) is 1. The number of hydrogen-bond donors (Lipinski definition) is 1. The van der Waals surface area contributed by atoms with Gasteiger partial charge in [-0.2, -0.15) is 0 Å². The summed E-state index contributed by atoms with van der Waals surface area (Å²) in [5, 5.41) is 4.46. The molecule has 0 amide bonds. The third-order valence-electron chi connectivity index (χ3n) is 4.89. The van der Waals surface area contributed by atoms with Gasteiger partial charge in [-0.25, -0.2) is 4.98 Å². The maximum Gasteiger partial charge on any atom is 0.263 e. The van der Waals surface area contributed by atoms with Gasteiger partial charge in [-0.15, -0.1) is 0 Å². The Balaban J connectivity index is 1.90. The smallest absolute Gasteiger partial charge is 0.263 e. The maximum absolute atomic E-state index is 13.3. The van der Waals surface area contributed by atoms with Gasteiger partial charge in [-0.05, 0) is 36.2 Å². The third-order valence-corrected chi connectivity index (χ3v) is 5.12. The van der Waals surface area contributed by atoms with Crippen LogP contribution in [0.1, 0.15) is 11.1 Å². The van der Waals surface area contributed by atoms with Crippen LogP contribution in [0.3, 0.4) is 0 Å². The molecule has 1 fully saturated rings. The summed E-state index contributed by atoms with van der Waals surface area (Å²) in [7, 11) is 0. The molecule has 2 heterocycles. The Labute approximate surface area is 157 Å². The number of benzene rings is 2. The minimum absolute atomic E-state index is 0.0470. The lowest BCUT2D eigenvalue weighted by molar-refractivity contribution is 0.564. The largest absolute Gasteiger partial charge is 0.340 e. The molecule has 26 heavy (non-hydrogen) atoms. The highest BCUT2D eigenvalue weighted by Crippen LogP contribution is 2.20. The highest BCUT2D eigenvalue weighted by molar-refractivity contribution is 6.31.